The molecule has 1 aliphatic heterocycles. The van der Waals surface area contributed by atoms with Gasteiger partial charge in [-0.1, -0.05) is 13.8 Å². The third-order valence-electron chi connectivity index (χ3n) is 5.08. The molecule has 3 aromatic rings. The predicted octanol–water partition coefficient (Wildman–Crippen LogP) is 4.85. The summed E-state index contributed by atoms with van der Waals surface area (Å²) < 4.78 is 18.6. The summed E-state index contributed by atoms with van der Waals surface area (Å²) in [5.41, 5.74) is 2.37. The molecular formula is C24H23NO5. The zero-order valence-electron chi connectivity index (χ0n) is 17.4. The Kier molecular flexibility index (Phi) is 5.08. The molecule has 0 aliphatic carbocycles. The second-order valence-corrected chi connectivity index (χ2v) is 7.43. The fourth-order valence-corrected chi connectivity index (χ4v) is 3.41. The van der Waals surface area contributed by atoms with Crippen LogP contribution in [0.3, 0.4) is 0 Å². The van der Waals surface area contributed by atoms with E-state index in [0.29, 0.717) is 17.1 Å². The van der Waals surface area contributed by atoms with Crippen molar-refractivity contribution < 1.29 is 23.8 Å². The number of esters is 1. The molecule has 0 saturated carbocycles. The van der Waals surface area contributed by atoms with Crippen LogP contribution in [0.25, 0.3) is 17.0 Å². The van der Waals surface area contributed by atoms with Crippen molar-refractivity contribution in [1.29, 1.82) is 0 Å². The molecule has 2 heterocycles. The molecule has 0 atom stereocenters. The number of methoxy groups -OCH3 is 1. The monoisotopic (exact) mass is 405 g/mol. The first-order valence-corrected chi connectivity index (χ1v) is 9.88. The number of ether oxygens (including phenoxy) is 3. The third kappa shape index (κ3) is 3.45. The molecule has 6 nitrogen and oxygen atoms in total. The van der Waals surface area contributed by atoms with Gasteiger partial charge >= 0.3 is 5.97 Å². The zero-order valence-corrected chi connectivity index (χ0v) is 17.4. The van der Waals surface area contributed by atoms with Crippen LogP contribution in [0, 0.1) is 5.92 Å². The first kappa shape index (κ1) is 19.8. The molecule has 2 aromatic carbocycles. The Morgan fingerprint density at radius 2 is 1.93 bits per heavy atom. The highest BCUT2D eigenvalue weighted by Gasteiger charge is 2.28. The molecule has 0 amide bonds. The van der Waals surface area contributed by atoms with Gasteiger partial charge in [0, 0.05) is 35.3 Å². The molecule has 0 fully saturated rings. The van der Waals surface area contributed by atoms with Gasteiger partial charge in [-0.3, -0.25) is 9.59 Å². The van der Waals surface area contributed by atoms with E-state index in [0.717, 1.165) is 28.8 Å². The van der Waals surface area contributed by atoms with Crippen molar-refractivity contribution in [3.05, 3.63) is 59.5 Å². The Labute approximate surface area is 174 Å². The molecule has 1 aliphatic rings. The van der Waals surface area contributed by atoms with E-state index in [1.54, 1.807) is 45.2 Å². The minimum atomic E-state index is -0.337. The number of carbonyl (C=O) groups is 2. The maximum Gasteiger partial charge on any atom is 0.313 e. The summed E-state index contributed by atoms with van der Waals surface area (Å²) in [5, 5.41) is 0.975. The van der Waals surface area contributed by atoms with Crippen LogP contribution in [0.2, 0.25) is 0 Å². The number of rotatable bonds is 5. The number of benzene rings is 2. The predicted molar refractivity (Wildman–Crippen MR) is 114 cm³/mol. The van der Waals surface area contributed by atoms with E-state index >= 15 is 0 Å². The SMILES string of the molecule is CCn1cc(/C=C2\Oc3cc(OC(=O)C(C)C)ccc3C2=O)c2cc(OC)ccc21. The first-order chi connectivity index (χ1) is 14.4. The third-order valence-corrected chi connectivity index (χ3v) is 5.08. The number of hydrogen-bond acceptors (Lipinski definition) is 5. The van der Waals surface area contributed by atoms with Crippen molar-refractivity contribution in [2.45, 2.75) is 27.3 Å². The topological polar surface area (TPSA) is 66.8 Å². The van der Waals surface area contributed by atoms with E-state index in [2.05, 4.69) is 11.5 Å². The van der Waals surface area contributed by atoms with Crippen LogP contribution in [-0.4, -0.2) is 23.4 Å². The second kappa shape index (κ2) is 7.71. The molecule has 30 heavy (non-hydrogen) atoms. The van der Waals surface area contributed by atoms with E-state index in [1.165, 1.54) is 0 Å². The van der Waals surface area contributed by atoms with E-state index in [4.69, 9.17) is 14.2 Å². The van der Waals surface area contributed by atoms with Crippen LogP contribution >= 0.6 is 0 Å². The standard InChI is InChI=1S/C24H23NO5/c1-5-25-13-15(19-11-16(28-4)7-9-20(19)25)10-22-23(26)18-8-6-17(12-21(18)30-22)29-24(27)14(2)3/h6-14H,5H2,1-4H3/b22-10-. The maximum atomic E-state index is 12.8. The summed E-state index contributed by atoms with van der Waals surface area (Å²) in [4.78, 5) is 24.7. The minimum absolute atomic E-state index is 0.202. The van der Waals surface area contributed by atoms with E-state index in [1.807, 2.05) is 24.4 Å². The van der Waals surface area contributed by atoms with Gasteiger partial charge in [0.15, 0.2) is 5.76 Å². The van der Waals surface area contributed by atoms with Crippen molar-refractivity contribution in [1.82, 2.24) is 4.57 Å². The van der Waals surface area contributed by atoms with Gasteiger partial charge in [0.1, 0.15) is 17.2 Å². The summed E-state index contributed by atoms with van der Waals surface area (Å²) in [5.74, 6) is 0.934. The van der Waals surface area contributed by atoms with Gasteiger partial charge in [0.2, 0.25) is 5.78 Å². The fraction of sp³-hybridized carbons (Fsp3) is 0.250. The Balaban J connectivity index is 1.69. The highest BCUT2D eigenvalue weighted by molar-refractivity contribution is 6.15. The van der Waals surface area contributed by atoms with Crippen molar-refractivity contribution in [3.8, 4) is 17.2 Å². The summed E-state index contributed by atoms with van der Waals surface area (Å²) >= 11 is 0. The van der Waals surface area contributed by atoms with Gasteiger partial charge in [-0.25, -0.2) is 0 Å². The minimum Gasteiger partial charge on any atom is -0.497 e. The lowest BCUT2D eigenvalue weighted by Gasteiger charge is -2.07. The lowest BCUT2D eigenvalue weighted by atomic mass is 10.1. The number of carbonyl (C=O) groups excluding carboxylic acids is 2. The Morgan fingerprint density at radius 3 is 2.63 bits per heavy atom. The largest absolute Gasteiger partial charge is 0.497 e. The molecule has 4 rings (SSSR count). The number of allylic oxidation sites excluding steroid dienone is 1. The van der Waals surface area contributed by atoms with Crippen LogP contribution in [0.4, 0.5) is 0 Å². The van der Waals surface area contributed by atoms with Crippen molar-refractivity contribution in [3.63, 3.8) is 0 Å². The van der Waals surface area contributed by atoms with Crippen LogP contribution in [-0.2, 0) is 11.3 Å². The Hall–Kier alpha value is -3.54. The molecule has 1 aromatic heterocycles. The van der Waals surface area contributed by atoms with E-state index in [-0.39, 0.29) is 23.4 Å². The van der Waals surface area contributed by atoms with Gasteiger partial charge in [-0.05, 0) is 43.3 Å². The smallest absolute Gasteiger partial charge is 0.313 e. The van der Waals surface area contributed by atoms with Crippen LogP contribution < -0.4 is 14.2 Å². The number of aryl methyl sites for hydroxylation is 1. The van der Waals surface area contributed by atoms with Gasteiger partial charge in [0.05, 0.1) is 18.6 Å². The number of nitrogens with zero attached hydrogens (tertiary/aromatic N) is 1. The Bertz CT molecular complexity index is 1190. The Morgan fingerprint density at radius 1 is 1.17 bits per heavy atom. The van der Waals surface area contributed by atoms with E-state index in [9.17, 15) is 9.59 Å². The van der Waals surface area contributed by atoms with Gasteiger partial charge < -0.3 is 18.8 Å². The number of hydrogen-bond donors (Lipinski definition) is 0. The summed E-state index contributed by atoms with van der Waals surface area (Å²) in [7, 11) is 1.63. The van der Waals surface area contributed by atoms with Crippen LogP contribution in [0.5, 0.6) is 17.2 Å². The molecule has 0 radical (unpaired) electrons. The van der Waals surface area contributed by atoms with Crippen molar-refractivity contribution in [2.75, 3.05) is 7.11 Å². The lowest BCUT2D eigenvalue weighted by molar-refractivity contribution is -0.137. The molecule has 0 bridgehead atoms. The van der Waals surface area contributed by atoms with Gasteiger partial charge in [0.25, 0.3) is 0 Å². The number of aromatic nitrogens is 1. The second-order valence-electron chi connectivity index (χ2n) is 7.43. The molecule has 154 valence electrons. The number of ketones is 1. The average Bonchev–Trinajstić information content (AvgIpc) is 3.24. The molecular weight excluding hydrogens is 382 g/mol. The summed E-state index contributed by atoms with van der Waals surface area (Å²) in [6.07, 6.45) is 3.74. The van der Waals surface area contributed by atoms with Crippen molar-refractivity contribution in [2.24, 2.45) is 5.92 Å². The first-order valence-electron chi connectivity index (χ1n) is 9.88. The fourth-order valence-electron chi connectivity index (χ4n) is 3.41. The maximum absolute atomic E-state index is 12.8. The van der Waals surface area contributed by atoms with Crippen LogP contribution in [0.1, 0.15) is 36.7 Å². The molecule has 0 spiro atoms. The quantitative estimate of drug-likeness (QED) is 0.345. The number of Topliss-reactive ketones (excluding diaryl/α,β-unsaturated/α-hetero) is 1. The normalized spacial score (nSPS) is 14.3. The highest BCUT2D eigenvalue weighted by atomic mass is 16.5. The van der Waals surface area contributed by atoms with Gasteiger partial charge in [-0.2, -0.15) is 0 Å². The molecule has 0 saturated heterocycles. The average molecular weight is 405 g/mol. The van der Waals surface area contributed by atoms with E-state index < -0.39 is 0 Å². The van der Waals surface area contributed by atoms with Gasteiger partial charge in [-0.15, -0.1) is 0 Å². The van der Waals surface area contributed by atoms with Crippen LogP contribution in [0.15, 0.2) is 48.4 Å². The number of fused-ring (bicyclic) bond motifs is 2. The molecule has 0 unspecified atom stereocenters. The van der Waals surface area contributed by atoms with Crippen molar-refractivity contribution >= 4 is 28.7 Å². The zero-order chi connectivity index (χ0) is 21.4. The lowest BCUT2D eigenvalue weighted by Crippen LogP contribution is -2.14. The summed E-state index contributed by atoms with van der Waals surface area (Å²) in [6.45, 7) is 6.38. The molecule has 6 heteroatoms. The molecule has 0 N–H and O–H groups in total. The highest BCUT2D eigenvalue weighted by Crippen LogP contribution is 2.36. The summed E-state index contributed by atoms with van der Waals surface area (Å²) in [6, 6.07) is 10.7.